The molecule has 1 saturated heterocycles. The lowest BCUT2D eigenvalue weighted by atomic mass is 10.00. The molecule has 1 aromatic rings. The van der Waals surface area contributed by atoms with E-state index >= 15 is 0 Å². The van der Waals surface area contributed by atoms with E-state index < -0.39 is 0 Å². The number of fused-ring (bicyclic) bond motifs is 1. The Morgan fingerprint density at radius 2 is 2.10 bits per heavy atom. The summed E-state index contributed by atoms with van der Waals surface area (Å²) in [6, 6.07) is 3.41. The first-order valence-corrected chi connectivity index (χ1v) is 6.78. The van der Waals surface area contributed by atoms with Gasteiger partial charge in [-0.3, -0.25) is 9.59 Å². The highest BCUT2D eigenvalue weighted by molar-refractivity contribution is 6.40. The molecule has 2 amide bonds. The predicted octanol–water partition coefficient (Wildman–Crippen LogP) is 0.503. The number of hydrogen-bond donors (Lipinski definition) is 0. The third-order valence-corrected chi connectivity index (χ3v) is 3.77. The van der Waals surface area contributed by atoms with Crippen molar-refractivity contribution in [2.24, 2.45) is 11.1 Å². The minimum absolute atomic E-state index is 0.167. The van der Waals surface area contributed by atoms with Gasteiger partial charge in [-0.25, -0.2) is 0 Å². The molecule has 0 aromatic carbocycles. The van der Waals surface area contributed by atoms with Crippen LogP contribution in [-0.2, 0) is 9.63 Å². The van der Waals surface area contributed by atoms with Crippen molar-refractivity contribution in [3.05, 3.63) is 23.7 Å². The number of nitrogens with zero attached hydrogens (tertiary/aromatic N) is 3. The van der Waals surface area contributed by atoms with Gasteiger partial charge >= 0.3 is 0 Å². The van der Waals surface area contributed by atoms with Gasteiger partial charge in [-0.05, 0) is 19.1 Å². The summed E-state index contributed by atoms with van der Waals surface area (Å²) >= 11 is 0. The third kappa shape index (κ3) is 2.28. The van der Waals surface area contributed by atoms with Crippen LogP contribution in [0.15, 0.2) is 21.7 Å². The van der Waals surface area contributed by atoms with E-state index in [1.54, 1.807) is 38.1 Å². The lowest BCUT2D eigenvalue weighted by Gasteiger charge is -2.16. The summed E-state index contributed by atoms with van der Waals surface area (Å²) in [4.78, 5) is 32.8. The van der Waals surface area contributed by atoms with Crippen LogP contribution < -0.4 is 0 Å². The molecular weight excluding hydrogens is 274 g/mol. The number of oxime groups is 1. The van der Waals surface area contributed by atoms with Crippen LogP contribution in [0.2, 0.25) is 0 Å². The van der Waals surface area contributed by atoms with Crippen LogP contribution in [0.5, 0.6) is 0 Å². The van der Waals surface area contributed by atoms with Gasteiger partial charge in [-0.15, -0.1) is 0 Å². The maximum atomic E-state index is 12.3. The van der Waals surface area contributed by atoms with Gasteiger partial charge in [0.2, 0.25) is 0 Å². The van der Waals surface area contributed by atoms with E-state index in [0.717, 1.165) is 0 Å². The number of aryl methyl sites for hydroxylation is 1. The molecule has 0 aliphatic carbocycles. The van der Waals surface area contributed by atoms with Crippen molar-refractivity contribution in [2.45, 2.75) is 13.0 Å². The van der Waals surface area contributed by atoms with E-state index in [9.17, 15) is 9.59 Å². The molecule has 0 unspecified atom stereocenters. The van der Waals surface area contributed by atoms with Crippen LogP contribution in [0.3, 0.4) is 0 Å². The summed E-state index contributed by atoms with van der Waals surface area (Å²) in [5.74, 6) is 0.479. The van der Waals surface area contributed by atoms with Crippen molar-refractivity contribution >= 4 is 17.5 Å². The highest BCUT2D eigenvalue weighted by Gasteiger charge is 2.47. The summed E-state index contributed by atoms with van der Waals surface area (Å²) in [7, 11) is 3.34. The zero-order valence-electron chi connectivity index (χ0n) is 12.2. The van der Waals surface area contributed by atoms with Crippen LogP contribution in [-0.4, -0.2) is 60.6 Å². The SMILES string of the molecule is Cc1ccc(C(=O)N2C[C@@H]3C(C(=O)N(C)C)=NO[C@@H]3C2)o1. The topological polar surface area (TPSA) is 75.4 Å². The van der Waals surface area contributed by atoms with Crippen molar-refractivity contribution in [3.63, 3.8) is 0 Å². The second kappa shape index (κ2) is 4.91. The Hall–Kier alpha value is -2.31. The number of likely N-dealkylation sites (tertiary alicyclic amines) is 1. The Labute approximate surface area is 122 Å². The van der Waals surface area contributed by atoms with Gasteiger partial charge < -0.3 is 19.1 Å². The first-order chi connectivity index (χ1) is 9.97. The number of carbonyl (C=O) groups excluding carboxylic acids is 2. The second-order valence-corrected chi connectivity index (χ2v) is 5.55. The Balaban J connectivity index is 1.73. The van der Waals surface area contributed by atoms with Gasteiger partial charge in [0.25, 0.3) is 11.8 Å². The van der Waals surface area contributed by atoms with Crippen LogP contribution in [0, 0.1) is 12.8 Å². The van der Waals surface area contributed by atoms with E-state index in [1.165, 1.54) is 4.90 Å². The zero-order valence-corrected chi connectivity index (χ0v) is 12.2. The molecule has 2 atom stereocenters. The minimum Gasteiger partial charge on any atom is -0.456 e. The highest BCUT2D eigenvalue weighted by Crippen LogP contribution is 2.29. The number of furan rings is 1. The third-order valence-electron chi connectivity index (χ3n) is 3.77. The maximum absolute atomic E-state index is 12.3. The number of rotatable bonds is 2. The lowest BCUT2D eigenvalue weighted by Crippen LogP contribution is -2.36. The molecule has 3 rings (SSSR count). The smallest absolute Gasteiger partial charge is 0.289 e. The average molecular weight is 291 g/mol. The molecule has 112 valence electrons. The van der Waals surface area contributed by atoms with Gasteiger partial charge in [0.1, 0.15) is 5.76 Å². The Morgan fingerprint density at radius 1 is 1.33 bits per heavy atom. The van der Waals surface area contributed by atoms with Crippen LogP contribution in [0.4, 0.5) is 0 Å². The molecule has 1 aromatic heterocycles. The molecule has 21 heavy (non-hydrogen) atoms. The van der Waals surface area contributed by atoms with Gasteiger partial charge in [-0.1, -0.05) is 5.16 Å². The standard InChI is InChI=1S/C14H17N3O4/c1-8-4-5-10(20-8)13(18)17-6-9-11(7-17)21-15-12(9)14(19)16(2)3/h4-5,9,11H,6-7H2,1-3H3/t9-,11+/m0/s1. The minimum atomic E-state index is -0.246. The van der Waals surface area contributed by atoms with Crippen molar-refractivity contribution in [3.8, 4) is 0 Å². The second-order valence-electron chi connectivity index (χ2n) is 5.55. The highest BCUT2D eigenvalue weighted by atomic mass is 16.6. The molecule has 1 fully saturated rings. The molecule has 0 radical (unpaired) electrons. The molecule has 2 aliphatic heterocycles. The summed E-state index contributed by atoms with van der Waals surface area (Å²) in [6.07, 6.45) is -0.246. The largest absolute Gasteiger partial charge is 0.456 e. The number of carbonyl (C=O) groups is 2. The summed E-state index contributed by atoms with van der Waals surface area (Å²) in [5, 5.41) is 3.88. The summed E-state index contributed by atoms with van der Waals surface area (Å²) in [5.41, 5.74) is 0.385. The fourth-order valence-electron chi connectivity index (χ4n) is 2.63. The van der Waals surface area contributed by atoms with Crippen molar-refractivity contribution in [2.75, 3.05) is 27.2 Å². The Kier molecular flexibility index (Phi) is 3.19. The molecule has 0 N–H and O–H groups in total. The summed E-state index contributed by atoms with van der Waals surface area (Å²) in [6.45, 7) is 2.62. The summed E-state index contributed by atoms with van der Waals surface area (Å²) < 4.78 is 5.35. The van der Waals surface area contributed by atoms with Crippen molar-refractivity contribution < 1.29 is 18.8 Å². The van der Waals surface area contributed by atoms with Crippen molar-refractivity contribution in [1.29, 1.82) is 0 Å². The van der Waals surface area contributed by atoms with E-state index in [2.05, 4.69) is 5.16 Å². The molecule has 0 saturated carbocycles. The average Bonchev–Trinajstić information content (AvgIpc) is 3.11. The monoisotopic (exact) mass is 291 g/mol. The van der Waals surface area contributed by atoms with Crippen LogP contribution in [0.1, 0.15) is 16.3 Å². The zero-order chi connectivity index (χ0) is 15.1. The van der Waals surface area contributed by atoms with E-state index in [-0.39, 0.29) is 23.8 Å². The Bertz CT molecular complexity index is 619. The van der Waals surface area contributed by atoms with Gasteiger partial charge in [0.05, 0.1) is 12.5 Å². The lowest BCUT2D eigenvalue weighted by molar-refractivity contribution is -0.122. The van der Waals surface area contributed by atoms with Gasteiger partial charge in [0.15, 0.2) is 17.6 Å². The first kappa shape index (κ1) is 13.7. The fourth-order valence-corrected chi connectivity index (χ4v) is 2.63. The Morgan fingerprint density at radius 3 is 2.71 bits per heavy atom. The molecular formula is C14H17N3O4. The van der Waals surface area contributed by atoms with Crippen molar-refractivity contribution in [1.82, 2.24) is 9.80 Å². The molecule has 2 aliphatic rings. The van der Waals surface area contributed by atoms with Gasteiger partial charge in [0, 0.05) is 20.6 Å². The quantitative estimate of drug-likeness (QED) is 0.795. The first-order valence-electron chi connectivity index (χ1n) is 6.78. The van der Waals surface area contributed by atoms with E-state index in [1.807, 2.05) is 0 Å². The normalized spacial score (nSPS) is 23.6. The molecule has 0 spiro atoms. The maximum Gasteiger partial charge on any atom is 0.289 e. The molecule has 0 bridgehead atoms. The van der Waals surface area contributed by atoms with Gasteiger partial charge in [-0.2, -0.15) is 0 Å². The fraction of sp³-hybridized carbons (Fsp3) is 0.500. The molecule has 7 heteroatoms. The number of amides is 2. The van der Waals surface area contributed by atoms with E-state index in [0.29, 0.717) is 30.3 Å². The van der Waals surface area contributed by atoms with Crippen LogP contribution >= 0.6 is 0 Å². The van der Waals surface area contributed by atoms with Crippen LogP contribution in [0.25, 0.3) is 0 Å². The predicted molar refractivity (Wildman–Crippen MR) is 73.8 cm³/mol. The molecule has 7 nitrogen and oxygen atoms in total. The molecule has 3 heterocycles. The number of hydrogen-bond acceptors (Lipinski definition) is 5. The van der Waals surface area contributed by atoms with E-state index in [4.69, 9.17) is 9.25 Å².